The van der Waals surface area contributed by atoms with Crippen molar-refractivity contribution < 1.29 is 4.74 Å². The van der Waals surface area contributed by atoms with Crippen LogP contribution in [0, 0.1) is 11.3 Å². The second kappa shape index (κ2) is 8.35. The Bertz CT molecular complexity index is 875. The van der Waals surface area contributed by atoms with Crippen LogP contribution in [0.3, 0.4) is 0 Å². The fraction of sp³-hybridized carbons (Fsp3) is 0.261. The number of hydrogen-bond acceptors (Lipinski definition) is 2. The van der Waals surface area contributed by atoms with Crippen LogP contribution in [-0.4, -0.2) is 6.61 Å². The highest BCUT2D eigenvalue weighted by atomic mass is 16.5. The number of unbranched alkanes of at least 4 members (excludes halogenated alkanes) is 3. The van der Waals surface area contributed by atoms with Gasteiger partial charge < -0.3 is 4.74 Å². The van der Waals surface area contributed by atoms with Gasteiger partial charge in [0, 0.05) is 5.39 Å². The Balaban J connectivity index is 1.89. The minimum Gasteiger partial charge on any atom is -0.493 e. The molecule has 0 bridgehead atoms. The fourth-order valence-corrected chi connectivity index (χ4v) is 3.08. The first kappa shape index (κ1) is 17.0. The number of hydrogen-bond donors (Lipinski definition) is 0. The van der Waals surface area contributed by atoms with Gasteiger partial charge in [0.15, 0.2) is 0 Å². The number of fused-ring (bicyclic) bond motifs is 1. The van der Waals surface area contributed by atoms with E-state index in [1.54, 1.807) is 0 Å². The predicted molar refractivity (Wildman–Crippen MR) is 104 cm³/mol. The summed E-state index contributed by atoms with van der Waals surface area (Å²) in [6, 6.07) is 22.4. The van der Waals surface area contributed by atoms with Crippen molar-refractivity contribution in [3.8, 4) is 22.9 Å². The highest BCUT2D eigenvalue weighted by Crippen LogP contribution is 2.34. The molecule has 0 radical (unpaired) electrons. The van der Waals surface area contributed by atoms with Crippen molar-refractivity contribution in [2.24, 2.45) is 0 Å². The zero-order valence-electron chi connectivity index (χ0n) is 14.7. The van der Waals surface area contributed by atoms with E-state index in [2.05, 4.69) is 49.4 Å². The van der Waals surface area contributed by atoms with Gasteiger partial charge in [0.25, 0.3) is 0 Å². The predicted octanol–water partition coefficient (Wildman–Crippen LogP) is 6.34. The standard InChI is InChI=1S/C23H23NO/c1-2-3-4-7-16-25-23-15-14-20(21-8-5-6-9-22(21)23)19-12-10-18(17-24)11-13-19/h5-6,8-15H,2-4,7,16H2,1H3. The first-order valence-electron chi connectivity index (χ1n) is 8.98. The number of rotatable bonds is 7. The van der Waals surface area contributed by atoms with Crippen LogP contribution < -0.4 is 4.74 Å². The number of nitrogens with zero attached hydrogens (tertiary/aromatic N) is 1. The van der Waals surface area contributed by atoms with Crippen LogP contribution in [0.5, 0.6) is 5.75 Å². The molecule has 0 saturated heterocycles. The van der Waals surface area contributed by atoms with Crippen molar-refractivity contribution >= 4 is 10.8 Å². The molecule has 2 nitrogen and oxygen atoms in total. The lowest BCUT2D eigenvalue weighted by atomic mass is 9.97. The van der Waals surface area contributed by atoms with Crippen molar-refractivity contribution in [1.29, 1.82) is 5.26 Å². The lowest BCUT2D eigenvalue weighted by Gasteiger charge is -2.13. The van der Waals surface area contributed by atoms with E-state index < -0.39 is 0 Å². The minimum absolute atomic E-state index is 0.681. The number of nitriles is 1. The SMILES string of the molecule is CCCCCCOc1ccc(-c2ccc(C#N)cc2)c2ccccc12. The quantitative estimate of drug-likeness (QED) is 0.474. The normalized spacial score (nSPS) is 10.6. The van der Waals surface area contributed by atoms with Crippen LogP contribution in [0.4, 0.5) is 0 Å². The third-order valence-electron chi connectivity index (χ3n) is 4.46. The average Bonchev–Trinajstić information content (AvgIpc) is 2.68. The van der Waals surface area contributed by atoms with E-state index in [0.29, 0.717) is 5.56 Å². The molecule has 0 heterocycles. The molecule has 3 rings (SSSR count). The molecule has 3 aromatic rings. The first-order chi connectivity index (χ1) is 12.3. The minimum atomic E-state index is 0.681. The van der Waals surface area contributed by atoms with Gasteiger partial charge in [-0.15, -0.1) is 0 Å². The molecule has 0 fully saturated rings. The summed E-state index contributed by atoms with van der Waals surface area (Å²) in [5.41, 5.74) is 2.96. The lowest BCUT2D eigenvalue weighted by molar-refractivity contribution is 0.308. The van der Waals surface area contributed by atoms with E-state index in [1.165, 1.54) is 30.2 Å². The third-order valence-corrected chi connectivity index (χ3v) is 4.46. The Hall–Kier alpha value is -2.79. The van der Waals surface area contributed by atoms with E-state index in [9.17, 15) is 0 Å². The van der Waals surface area contributed by atoms with Crippen LogP contribution in [-0.2, 0) is 0 Å². The maximum absolute atomic E-state index is 8.98. The van der Waals surface area contributed by atoms with E-state index in [0.717, 1.165) is 29.7 Å². The van der Waals surface area contributed by atoms with E-state index in [1.807, 2.05) is 24.3 Å². The van der Waals surface area contributed by atoms with E-state index in [-0.39, 0.29) is 0 Å². The molecule has 0 aliphatic heterocycles. The summed E-state index contributed by atoms with van der Waals surface area (Å²) in [4.78, 5) is 0. The Morgan fingerprint density at radius 1 is 0.840 bits per heavy atom. The summed E-state index contributed by atoms with van der Waals surface area (Å²) in [6.45, 7) is 2.98. The number of benzene rings is 3. The first-order valence-corrected chi connectivity index (χ1v) is 8.98. The van der Waals surface area contributed by atoms with Gasteiger partial charge in [0.05, 0.1) is 18.2 Å². The van der Waals surface area contributed by atoms with E-state index in [4.69, 9.17) is 10.00 Å². The Labute approximate surface area is 149 Å². The molecule has 0 atom stereocenters. The molecule has 2 heteroatoms. The van der Waals surface area contributed by atoms with Gasteiger partial charge in [-0.3, -0.25) is 0 Å². The van der Waals surface area contributed by atoms with Gasteiger partial charge in [-0.05, 0) is 41.1 Å². The van der Waals surface area contributed by atoms with Crippen molar-refractivity contribution in [3.05, 3.63) is 66.2 Å². The molecule has 0 aliphatic rings. The number of ether oxygens (including phenoxy) is 1. The van der Waals surface area contributed by atoms with Crippen LogP contribution >= 0.6 is 0 Å². The third kappa shape index (κ3) is 4.00. The van der Waals surface area contributed by atoms with Gasteiger partial charge in [-0.1, -0.05) is 68.7 Å². The van der Waals surface area contributed by atoms with Gasteiger partial charge in [0.1, 0.15) is 5.75 Å². The smallest absolute Gasteiger partial charge is 0.127 e. The van der Waals surface area contributed by atoms with Crippen LogP contribution in [0.1, 0.15) is 38.2 Å². The van der Waals surface area contributed by atoms with Crippen LogP contribution in [0.25, 0.3) is 21.9 Å². The van der Waals surface area contributed by atoms with Gasteiger partial charge in [-0.2, -0.15) is 5.26 Å². The molecule has 0 spiro atoms. The highest BCUT2D eigenvalue weighted by molar-refractivity contribution is 6.00. The summed E-state index contributed by atoms with van der Waals surface area (Å²) in [5.74, 6) is 0.949. The van der Waals surface area contributed by atoms with Crippen molar-refractivity contribution in [2.75, 3.05) is 6.61 Å². The van der Waals surface area contributed by atoms with E-state index >= 15 is 0 Å². The molecular formula is C23H23NO. The monoisotopic (exact) mass is 329 g/mol. The van der Waals surface area contributed by atoms with Gasteiger partial charge in [0.2, 0.25) is 0 Å². The van der Waals surface area contributed by atoms with Crippen molar-refractivity contribution in [1.82, 2.24) is 0 Å². The van der Waals surface area contributed by atoms with Gasteiger partial charge >= 0.3 is 0 Å². The zero-order chi connectivity index (χ0) is 17.5. The largest absolute Gasteiger partial charge is 0.493 e. The summed E-state index contributed by atoms with van der Waals surface area (Å²) in [7, 11) is 0. The maximum atomic E-state index is 8.98. The molecule has 25 heavy (non-hydrogen) atoms. The van der Waals surface area contributed by atoms with Crippen molar-refractivity contribution in [2.45, 2.75) is 32.6 Å². The molecule has 0 amide bonds. The second-order valence-electron chi connectivity index (χ2n) is 6.26. The summed E-state index contributed by atoms with van der Waals surface area (Å²) >= 11 is 0. The molecule has 3 aromatic carbocycles. The Morgan fingerprint density at radius 3 is 2.32 bits per heavy atom. The molecule has 0 N–H and O–H groups in total. The zero-order valence-corrected chi connectivity index (χ0v) is 14.7. The molecular weight excluding hydrogens is 306 g/mol. The van der Waals surface area contributed by atoms with Crippen LogP contribution in [0.15, 0.2) is 60.7 Å². The lowest BCUT2D eigenvalue weighted by Crippen LogP contribution is -1.98. The van der Waals surface area contributed by atoms with Crippen LogP contribution in [0.2, 0.25) is 0 Å². The Morgan fingerprint density at radius 2 is 1.60 bits per heavy atom. The summed E-state index contributed by atoms with van der Waals surface area (Å²) in [6.07, 6.45) is 4.82. The molecule has 0 aliphatic carbocycles. The molecule has 0 saturated carbocycles. The average molecular weight is 329 g/mol. The fourth-order valence-electron chi connectivity index (χ4n) is 3.08. The van der Waals surface area contributed by atoms with Gasteiger partial charge in [-0.25, -0.2) is 0 Å². The summed E-state index contributed by atoms with van der Waals surface area (Å²) in [5, 5.41) is 11.3. The molecule has 126 valence electrons. The summed E-state index contributed by atoms with van der Waals surface area (Å²) < 4.78 is 6.05. The highest BCUT2D eigenvalue weighted by Gasteiger charge is 2.08. The Kier molecular flexibility index (Phi) is 5.69. The molecule has 0 aromatic heterocycles. The van der Waals surface area contributed by atoms with Crippen molar-refractivity contribution in [3.63, 3.8) is 0 Å². The maximum Gasteiger partial charge on any atom is 0.127 e. The topological polar surface area (TPSA) is 33.0 Å². The second-order valence-corrected chi connectivity index (χ2v) is 6.26. The molecule has 0 unspecified atom stereocenters.